The number of hydrogen-bond donors (Lipinski definition) is 1. The molecule has 3 aromatic rings. The number of thiazole rings is 1. The first-order chi connectivity index (χ1) is 14.0. The van der Waals surface area contributed by atoms with Crippen LogP contribution in [0.3, 0.4) is 0 Å². The van der Waals surface area contributed by atoms with Crippen molar-refractivity contribution in [3.05, 3.63) is 52.2 Å². The highest BCUT2D eigenvalue weighted by molar-refractivity contribution is 7.17. The standard InChI is InChI=1S/C22H26N2O4S/c1-5-26-17-10-8-16(13-19(17)27-6-2)11-12-23-21(25)20-15(4)24-22(29-20)18-9-7-14(3)28-18/h7-10,13H,5-6,11-12H2,1-4H3,(H,23,25). The molecule has 0 bridgehead atoms. The van der Waals surface area contributed by atoms with Crippen molar-refractivity contribution in [3.63, 3.8) is 0 Å². The number of rotatable bonds is 9. The molecule has 0 aliphatic carbocycles. The quantitative estimate of drug-likeness (QED) is 0.545. The fourth-order valence-corrected chi connectivity index (χ4v) is 3.86. The summed E-state index contributed by atoms with van der Waals surface area (Å²) in [7, 11) is 0. The zero-order valence-corrected chi connectivity index (χ0v) is 18.0. The third kappa shape index (κ3) is 5.17. The third-order valence-electron chi connectivity index (χ3n) is 4.26. The van der Waals surface area contributed by atoms with Crippen LogP contribution in [0.25, 0.3) is 10.8 Å². The van der Waals surface area contributed by atoms with E-state index in [9.17, 15) is 4.79 Å². The Morgan fingerprint density at radius 3 is 2.55 bits per heavy atom. The second kappa shape index (κ2) is 9.60. The molecule has 2 aromatic heterocycles. The van der Waals surface area contributed by atoms with E-state index in [-0.39, 0.29) is 5.91 Å². The topological polar surface area (TPSA) is 73.6 Å². The molecule has 154 valence electrons. The molecule has 3 rings (SSSR count). The second-order valence-electron chi connectivity index (χ2n) is 6.50. The number of nitrogens with one attached hydrogen (secondary N) is 1. The Kier molecular flexibility index (Phi) is 6.93. The second-order valence-corrected chi connectivity index (χ2v) is 7.50. The van der Waals surface area contributed by atoms with Gasteiger partial charge in [-0.1, -0.05) is 6.07 Å². The Hall–Kier alpha value is -2.80. The number of aryl methyl sites for hydroxylation is 2. The molecule has 0 spiro atoms. The van der Waals surface area contributed by atoms with E-state index >= 15 is 0 Å². The number of aromatic nitrogens is 1. The molecule has 0 atom stereocenters. The van der Waals surface area contributed by atoms with Crippen molar-refractivity contribution >= 4 is 17.2 Å². The summed E-state index contributed by atoms with van der Waals surface area (Å²) in [6.45, 7) is 9.29. The molecular formula is C22H26N2O4S. The first-order valence-corrected chi connectivity index (χ1v) is 10.5. The summed E-state index contributed by atoms with van der Waals surface area (Å²) in [5.74, 6) is 2.86. The molecular weight excluding hydrogens is 388 g/mol. The van der Waals surface area contributed by atoms with Crippen LogP contribution < -0.4 is 14.8 Å². The van der Waals surface area contributed by atoms with E-state index in [0.29, 0.717) is 47.5 Å². The van der Waals surface area contributed by atoms with Gasteiger partial charge in [0, 0.05) is 6.54 Å². The van der Waals surface area contributed by atoms with E-state index in [4.69, 9.17) is 13.9 Å². The summed E-state index contributed by atoms with van der Waals surface area (Å²) in [6.07, 6.45) is 0.695. The van der Waals surface area contributed by atoms with Crippen LogP contribution in [0.1, 0.15) is 40.5 Å². The summed E-state index contributed by atoms with van der Waals surface area (Å²) in [4.78, 5) is 17.7. The van der Waals surface area contributed by atoms with E-state index < -0.39 is 0 Å². The van der Waals surface area contributed by atoms with Gasteiger partial charge >= 0.3 is 0 Å². The predicted octanol–water partition coefficient (Wildman–Crippen LogP) is 4.79. The van der Waals surface area contributed by atoms with E-state index in [0.717, 1.165) is 22.8 Å². The van der Waals surface area contributed by atoms with Crippen LogP contribution in [0.4, 0.5) is 0 Å². The van der Waals surface area contributed by atoms with Gasteiger partial charge in [0.1, 0.15) is 10.6 Å². The summed E-state index contributed by atoms with van der Waals surface area (Å²) in [5, 5.41) is 3.69. The number of hydrogen-bond acceptors (Lipinski definition) is 6. The number of nitrogens with zero attached hydrogens (tertiary/aromatic N) is 1. The van der Waals surface area contributed by atoms with Gasteiger partial charge in [0.05, 0.1) is 18.9 Å². The van der Waals surface area contributed by atoms with Gasteiger partial charge in [-0.3, -0.25) is 4.79 Å². The first-order valence-electron chi connectivity index (χ1n) is 9.72. The van der Waals surface area contributed by atoms with Gasteiger partial charge < -0.3 is 19.2 Å². The van der Waals surface area contributed by atoms with Gasteiger partial charge in [0.2, 0.25) is 0 Å². The van der Waals surface area contributed by atoms with Crippen LogP contribution in [-0.4, -0.2) is 30.6 Å². The predicted molar refractivity (Wildman–Crippen MR) is 114 cm³/mol. The zero-order chi connectivity index (χ0) is 20.8. The van der Waals surface area contributed by atoms with Crippen molar-refractivity contribution in [1.82, 2.24) is 10.3 Å². The highest BCUT2D eigenvalue weighted by Crippen LogP contribution is 2.30. The van der Waals surface area contributed by atoms with Crippen LogP contribution in [0.15, 0.2) is 34.7 Å². The molecule has 2 heterocycles. The van der Waals surface area contributed by atoms with E-state index in [2.05, 4.69) is 10.3 Å². The van der Waals surface area contributed by atoms with Gasteiger partial charge in [-0.25, -0.2) is 4.98 Å². The SMILES string of the molecule is CCOc1ccc(CCNC(=O)c2sc(-c3ccc(C)o3)nc2C)cc1OCC. The fraction of sp³-hybridized carbons (Fsp3) is 0.364. The first kappa shape index (κ1) is 20.9. The molecule has 0 saturated heterocycles. The normalized spacial score (nSPS) is 10.8. The minimum atomic E-state index is -0.120. The average Bonchev–Trinajstić information content (AvgIpc) is 3.29. The molecule has 7 heteroatoms. The number of amides is 1. The highest BCUT2D eigenvalue weighted by Gasteiger charge is 2.17. The van der Waals surface area contributed by atoms with Crippen LogP contribution >= 0.6 is 11.3 Å². The molecule has 1 amide bonds. The molecule has 0 saturated carbocycles. The number of benzene rings is 1. The zero-order valence-electron chi connectivity index (χ0n) is 17.2. The summed E-state index contributed by atoms with van der Waals surface area (Å²) < 4.78 is 16.9. The summed E-state index contributed by atoms with van der Waals surface area (Å²) in [6, 6.07) is 9.64. The maximum atomic E-state index is 12.6. The van der Waals surface area contributed by atoms with E-state index in [1.54, 1.807) is 0 Å². The summed E-state index contributed by atoms with van der Waals surface area (Å²) in [5.41, 5.74) is 1.78. The Morgan fingerprint density at radius 2 is 1.86 bits per heavy atom. The van der Waals surface area contributed by atoms with Crippen LogP contribution in [0.5, 0.6) is 11.5 Å². The number of carbonyl (C=O) groups excluding carboxylic acids is 1. The summed E-state index contributed by atoms with van der Waals surface area (Å²) >= 11 is 1.34. The lowest BCUT2D eigenvalue weighted by atomic mass is 10.1. The van der Waals surface area contributed by atoms with E-state index in [1.807, 2.05) is 58.0 Å². The van der Waals surface area contributed by atoms with Crippen molar-refractivity contribution in [1.29, 1.82) is 0 Å². The maximum absolute atomic E-state index is 12.6. The molecule has 1 aromatic carbocycles. The van der Waals surface area contributed by atoms with Crippen molar-refractivity contribution in [2.45, 2.75) is 34.1 Å². The van der Waals surface area contributed by atoms with Crippen molar-refractivity contribution in [2.75, 3.05) is 19.8 Å². The number of furan rings is 1. The Bertz CT molecular complexity index is 977. The van der Waals surface area contributed by atoms with Gasteiger partial charge in [0.25, 0.3) is 5.91 Å². The molecule has 29 heavy (non-hydrogen) atoms. The fourth-order valence-electron chi connectivity index (χ4n) is 2.91. The molecule has 6 nitrogen and oxygen atoms in total. The molecule has 0 unspecified atom stereocenters. The molecule has 0 aliphatic heterocycles. The van der Waals surface area contributed by atoms with Gasteiger partial charge in [0.15, 0.2) is 22.3 Å². The largest absolute Gasteiger partial charge is 0.490 e. The van der Waals surface area contributed by atoms with Crippen LogP contribution in [-0.2, 0) is 6.42 Å². The van der Waals surface area contributed by atoms with E-state index in [1.165, 1.54) is 11.3 Å². The average molecular weight is 415 g/mol. The van der Waals surface area contributed by atoms with Crippen molar-refractivity contribution < 1.29 is 18.7 Å². The molecule has 1 N–H and O–H groups in total. The lowest BCUT2D eigenvalue weighted by Gasteiger charge is -2.12. The molecule has 0 aliphatic rings. The third-order valence-corrected chi connectivity index (χ3v) is 5.43. The van der Waals surface area contributed by atoms with Crippen LogP contribution in [0, 0.1) is 13.8 Å². The monoisotopic (exact) mass is 414 g/mol. The van der Waals surface area contributed by atoms with Crippen LogP contribution in [0.2, 0.25) is 0 Å². The van der Waals surface area contributed by atoms with Gasteiger partial charge in [-0.15, -0.1) is 11.3 Å². The maximum Gasteiger partial charge on any atom is 0.263 e. The Morgan fingerprint density at radius 1 is 1.10 bits per heavy atom. The highest BCUT2D eigenvalue weighted by atomic mass is 32.1. The van der Waals surface area contributed by atoms with Gasteiger partial charge in [-0.2, -0.15) is 0 Å². The molecule has 0 radical (unpaired) electrons. The van der Waals surface area contributed by atoms with Crippen molar-refractivity contribution in [2.24, 2.45) is 0 Å². The molecule has 0 fully saturated rings. The Labute approximate surface area is 174 Å². The number of ether oxygens (including phenoxy) is 2. The van der Waals surface area contributed by atoms with Crippen molar-refractivity contribution in [3.8, 4) is 22.3 Å². The lowest BCUT2D eigenvalue weighted by molar-refractivity contribution is 0.0957. The Balaban J connectivity index is 1.61. The number of carbonyl (C=O) groups is 1. The minimum absolute atomic E-state index is 0.120. The minimum Gasteiger partial charge on any atom is -0.490 e. The lowest BCUT2D eigenvalue weighted by Crippen LogP contribution is -2.25. The smallest absolute Gasteiger partial charge is 0.263 e. The van der Waals surface area contributed by atoms with Gasteiger partial charge in [-0.05, 0) is 63.9 Å².